The van der Waals surface area contributed by atoms with Gasteiger partial charge in [-0.15, -0.1) is 0 Å². The number of unbranched alkanes of at least 4 members (excludes halogenated alkanes) is 1. The lowest BCUT2D eigenvalue weighted by Gasteiger charge is -2.15. The van der Waals surface area contributed by atoms with Gasteiger partial charge in [-0.3, -0.25) is 0 Å². The van der Waals surface area contributed by atoms with Crippen LogP contribution >= 0.6 is 0 Å². The molecule has 1 aromatic rings. The molecule has 0 radical (unpaired) electrons. The number of nitrogens with two attached hydrogens (primary N) is 1. The lowest BCUT2D eigenvalue weighted by molar-refractivity contribution is 0.645. The van der Waals surface area contributed by atoms with Crippen LogP contribution in [0.15, 0.2) is 18.2 Å². The molecule has 0 fully saturated rings. The molecule has 0 aliphatic carbocycles. The van der Waals surface area contributed by atoms with Gasteiger partial charge >= 0.3 is 0 Å². The fraction of sp³-hybridized carbons (Fsp3) is 0.462. The Kier molecular flexibility index (Phi) is 4.65. The highest BCUT2D eigenvalue weighted by Gasteiger charge is 2.03. The summed E-state index contributed by atoms with van der Waals surface area (Å²) in [4.78, 5) is 0. The van der Waals surface area contributed by atoms with Gasteiger partial charge in [-0.25, -0.2) is 0 Å². The molecule has 0 aromatic heterocycles. The monoisotopic (exact) mass is 217 g/mol. The highest BCUT2D eigenvalue weighted by Crippen LogP contribution is 2.18. The van der Waals surface area contributed by atoms with Crippen LogP contribution in [0.1, 0.15) is 38.7 Å². The molecule has 1 aromatic carbocycles. The van der Waals surface area contributed by atoms with Gasteiger partial charge in [0, 0.05) is 11.7 Å². The van der Waals surface area contributed by atoms with Crippen LogP contribution in [-0.2, 0) is 0 Å². The Labute approximate surface area is 97.3 Å². The average Bonchev–Trinajstić information content (AvgIpc) is 2.26. The fourth-order valence-electron chi connectivity index (χ4n) is 1.62. The number of rotatable bonds is 5. The summed E-state index contributed by atoms with van der Waals surface area (Å²) in [7, 11) is 0. The van der Waals surface area contributed by atoms with Crippen LogP contribution in [0.2, 0.25) is 0 Å². The fourth-order valence-corrected chi connectivity index (χ4v) is 1.62. The minimum atomic E-state index is 0.437. The Morgan fingerprint density at radius 1 is 1.50 bits per heavy atom. The maximum Gasteiger partial charge on any atom is 0.101 e. The summed E-state index contributed by atoms with van der Waals surface area (Å²) in [6, 6.07) is 7.97. The maximum atomic E-state index is 8.76. The standard InChI is InChI=1S/C13H19N3/c1-3-4-5-10(2)16-12-7-6-11(9-14)13(15)8-12/h6-8,10,16H,3-5,15H2,1-2H3. The molecule has 0 heterocycles. The van der Waals surface area contributed by atoms with Gasteiger partial charge in [0.2, 0.25) is 0 Å². The minimum absolute atomic E-state index is 0.437. The highest BCUT2D eigenvalue weighted by molar-refractivity contribution is 5.62. The zero-order valence-corrected chi connectivity index (χ0v) is 9.96. The molecule has 1 unspecified atom stereocenters. The molecule has 0 aliphatic heterocycles. The minimum Gasteiger partial charge on any atom is -0.398 e. The molecule has 3 nitrogen and oxygen atoms in total. The zero-order chi connectivity index (χ0) is 12.0. The van der Waals surface area contributed by atoms with Crippen molar-refractivity contribution in [2.24, 2.45) is 0 Å². The average molecular weight is 217 g/mol. The first-order valence-corrected chi connectivity index (χ1v) is 5.73. The molecule has 86 valence electrons. The van der Waals surface area contributed by atoms with Crippen molar-refractivity contribution in [2.45, 2.75) is 39.2 Å². The molecular weight excluding hydrogens is 198 g/mol. The van der Waals surface area contributed by atoms with E-state index in [1.54, 1.807) is 6.07 Å². The molecule has 16 heavy (non-hydrogen) atoms. The van der Waals surface area contributed by atoms with Crippen LogP contribution in [0.5, 0.6) is 0 Å². The van der Waals surface area contributed by atoms with Crippen LogP contribution < -0.4 is 11.1 Å². The number of hydrogen-bond acceptors (Lipinski definition) is 3. The number of nitrogen functional groups attached to an aromatic ring is 1. The predicted molar refractivity (Wildman–Crippen MR) is 68.2 cm³/mol. The second-order valence-electron chi connectivity index (χ2n) is 4.10. The van der Waals surface area contributed by atoms with Crippen LogP contribution in [0.4, 0.5) is 11.4 Å². The van der Waals surface area contributed by atoms with Crippen molar-refractivity contribution in [1.29, 1.82) is 5.26 Å². The van der Waals surface area contributed by atoms with Crippen LogP contribution in [0.25, 0.3) is 0 Å². The summed E-state index contributed by atoms with van der Waals surface area (Å²) in [6.07, 6.45) is 3.58. The van der Waals surface area contributed by atoms with E-state index < -0.39 is 0 Å². The normalized spacial score (nSPS) is 11.8. The van der Waals surface area contributed by atoms with Crippen molar-refractivity contribution in [3.05, 3.63) is 23.8 Å². The summed E-state index contributed by atoms with van der Waals surface area (Å²) in [5.41, 5.74) is 7.80. The van der Waals surface area contributed by atoms with Crippen LogP contribution in [-0.4, -0.2) is 6.04 Å². The molecular formula is C13H19N3. The largest absolute Gasteiger partial charge is 0.398 e. The van der Waals surface area contributed by atoms with E-state index in [0.717, 1.165) is 12.1 Å². The maximum absolute atomic E-state index is 8.76. The summed E-state index contributed by atoms with van der Waals surface area (Å²) in [5, 5.41) is 12.1. The lowest BCUT2D eigenvalue weighted by atomic mass is 10.1. The van der Waals surface area contributed by atoms with Crippen molar-refractivity contribution in [2.75, 3.05) is 11.1 Å². The molecule has 0 spiro atoms. The first kappa shape index (κ1) is 12.4. The van der Waals surface area contributed by atoms with E-state index >= 15 is 0 Å². The van der Waals surface area contributed by atoms with Crippen LogP contribution in [0, 0.1) is 11.3 Å². The first-order valence-electron chi connectivity index (χ1n) is 5.73. The van der Waals surface area contributed by atoms with Crippen LogP contribution in [0.3, 0.4) is 0 Å². The van der Waals surface area contributed by atoms with Gasteiger partial charge in [-0.1, -0.05) is 19.8 Å². The smallest absolute Gasteiger partial charge is 0.101 e. The summed E-state index contributed by atoms with van der Waals surface area (Å²) >= 11 is 0. The lowest BCUT2D eigenvalue weighted by Crippen LogP contribution is -2.14. The van der Waals surface area contributed by atoms with Gasteiger partial charge < -0.3 is 11.1 Å². The zero-order valence-electron chi connectivity index (χ0n) is 9.96. The molecule has 0 amide bonds. The van der Waals surface area contributed by atoms with Crippen molar-refractivity contribution in [3.8, 4) is 6.07 Å². The third-order valence-electron chi connectivity index (χ3n) is 2.58. The van der Waals surface area contributed by atoms with Gasteiger partial charge in [0.05, 0.1) is 11.3 Å². The second-order valence-corrected chi connectivity index (χ2v) is 4.10. The SMILES string of the molecule is CCCCC(C)Nc1ccc(C#N)c(N)c1. The van der Waals surface area contributed by atoms with E-state index in [-0.39, 0.29) is 0 Å². The summed E-state index contributed by atoms with van der Waals surface area (Å²) < 4.78 is 0. The van der Waals surface area contributed by atoms with Gasteiger partial charge in [-0.2, -0.15) is 5.26 Å². The molecule has 0 saturated carbocycles. The molecule has 1 atom stereocenters. The number of hydrogen-bond donors (Lipinski definition) is 2. The number of benzene rings is 1. The second kappa shape index (κ2) is 6.02. The Morgan fingerprint density at radius 2 is 2.25 bits per heavy atom. The third-order valence-corrected chi connectivity index (χ3v) is 2.58. The topological polar surface area (TPSA) is 61.8 Å². The third kappa shape index (κ3) is 3.47. The van der Waals surface area contributed by atoms with Gasteiger partial charge in [0.25, 0.3) is 0 Å². The van der Waals surface area contributed by atoms with Crippen molar-refractivity contribution in [3.63, 3.8) is 0 Å². The number of nitrogens with zero attached hydrogens (tertiary/aromatic N) is 1. The van der Waals surface area contributed by atoms with E-state index in [1.807, 2.05) is 12.1 Å². The number of nitrogens with one attached hydrogen (secondary N) is 1. The Morgan fingerprint density at radius 3 is 2.81 bits per heavy atom. The van der Waals surface area contributed by atoms with Crippen molar-refractivity contribution in [1.82, 2.24) is 0 Å². The van der Waals surface area contributed by atoms with Gasteiger partial charge in [0.1, 0.15) is 6.07 Å². The van der Waals surface area contributed by atoms with E-state index in [4.69, 9.17) is 11.0 Å². The Hall–Kier alpha value is -1.69. The summed E-state index contributed by atoms with van der Waals surface area (Å²) in [5.74, 6) is 0. The Bertz CT molecular complexity index is 379. The molecule has 3 N–H and O–H groups in total. The van der Waals surface area contributed by atoms with E-state index in [1.165, 1.54) is 12.8 Å². The Balaban J connectivity index is 2.61. The molecule has 1 rings (SSSR count). The van der Waals surface area contributed by atoms with Crippen molar-refractivity contribution < 1.29 is 0 Å². The molecule has 0 saturated heterocycles. The van der Waals surface area contributed by atoms with Crippen molar-refractivity contribution >= 4 is 11.4 Å². The van der Waals surface area contributed by atoms with E-state index in [9.17, 15) is 0 Å². The molecule has 0 aliphatic rings. The van der Waals surface area contributed by atoms with E-state index in [0.29, 0.717) is 17.3 Å². The summed E-state index contributed by atoms with van der Waals surface area (Å²) in [6.45, 7) is 4.34. The predicted octanol–water partition coefficient (Wildman–Crippen LogP) is 3.13. The van der Waals surface area contributed by atoms with E-state index in [2.05, 4.69) is 25.2 Å². The molecule has 0 bridgehead atoms. The highest BCUT2D eigenvalue weighted by atomic mass is 14.9. The quantitative estimate of drug-likeness (QED) is 0.745. The van der Waals surface area contributed by atoms with Gasteiger partial charge in [-0.05, 0) is 31.5 Å². The van der Waals surface area contributed by atoms with Gasteiger partial charge in [0.15, 0.2) is 0 Å². The number of nitriles is 1. The first-order chi connectivity index (χ1) is 7.67. The number of anilines is 2. The molecule has 3 heteroatoms.